The number of aliphatic hydroxyl groups excluding tert-OH is 1. The van der Waals surface area contributed by atoms with Crippen LogP contribution >= 0.6 is 0 Å². The van der Waals surface area contributed by atoms with Crippen LogP contribution in [-0.2, 0) is 32.4 Å². The second-order valence-corrected chi connectivity index (χ2v) is 9.94. The van der Waals surface area contributed by atoms with E-state index in [0.29, 0.717) is 43.3 Å². The minimum Gasteiger partial charge on any atom is -0.492 e. The van der Waals surface area contributed by atoms with Crippen molar-refractivity contribution in [2.45, 2.75) is 32.8 Å². The summed E-state index contributed by atoms with van der Waals surface area (Å²) in [6, 6.07) is 12.4. The van der Waals surface area contributed by atoms with Crippen LogP contribution in [0.5, 0.6) is 5.75 Å². The lowest BCUT2D eigenvalue weighted by Gasteiger charge is -2.14. The third-order valence-electron chi connectivity index (χ3n) is 5.41. The number of anilines is 1. The van der Waals surface area contributed by atoms with Gasteiger partial charge in [-0.1, -0.05) is 19.1 Å². The van der Waals surface area contributed by atoms with E-state index in [0.717, 1.165) is 34.8 Å². The van der Waals surface area contributed by atoms with E-state index in [4.69, 9.17) is 9.47 Å². The molecule has 0 radical (unpaired) electrons. The lowest BCUT2D eigenvalue weighted by molar-refractivity contribution is -0.142. The summed E-state index contributed by atoms with van der Waals surface area (Å²) in [4.78, 5) is 15.4. The van der Waals surface area contributed by atoms with Crippen molar-refractivity contribution in [1.82, 2.24) is 10.3 Å². The molecule has 3 aromatic rings. The molecule has 0 fully saturated rings. The summed E-state index contributed by atoms with van der Waals surface area (Å²) in [5.41, 5.74) is 3.89. The molecule has 0 saturated carbocycles. The number of rotatable bonds is 13. The van der Waals surface area contributed by atoms with E-state index in [1.165, 1.54) is 0 Å². The fourth-order valence-corrected chi connectivity index (χ4v) is 4.42. The van der Waals surface area contributed by atoms with Gasteiger partial charge in [0.2, 0.25) is 10.0 Å². The Labute approximate surface area is 205 Å². The molecular weight excluding hydrogens is 470 g/mol. The van der Waals surface area contributed by atoms with Gasteiger partial charge in [0.1, 0.15) is 12.4 Å². The highest BCUT2D eigenvalue weighted by Crippen LogP contribution is 2.27. The zero-order chi connectivity index (χ0) is 25.4. The number of aromatic amines is 1. The molecule has 1 atom stereocenters. The molecule has 0 aliphatic carbocycles. The van der Waals surface area contributed by atoms with E-state index < -0.39 is 16.1 Å². The number of hydrogen-bond acceptors (Lipinski definition) is 7. The number of sulfonamides is 1. The molecule has 3 rings (SSSR count). The number of aryl methyl sites for hydroxylation is 1. The van der Waals surface area contributed by atoms with Gasteiger partial charge in [-0.3, -0.25) is 9.52 Å². The zero-order valence-electron chi connectivity index (χ0n) is 20.3. The molecular formula is C25H33N3O6S. The van der Waals surface area contributed by atoms with Gasteiger partial charge in [-0.05, 0) is 48.7 Å². The number of nitrogens with one attached hydrogen (secondary N) is 3. The number of hydrogen-bond donors (Lipinski definition) is 4. The molecule has 4 N–H and O–H groups in total. The van der Waals surface area contributed by atoms with Crippen LogP contribution in [0.1, 0.15) is 36.8 Å². The maximum absolute atomic E-state index is 12.0. The molecule has 10 heteroatoms. The summed E-state index contributed by atoms with van der Waals surface area (Å²) >= 11 is 0. The number of H-pyrrole nitrogens is 1. The van der Waals surface area contributed by atoms with Gasteiger partial charge in [0, 0.05) is 41.4 Å². The summed E-state index contributed by atoms with van der Waals surface area (Å²) in [6.07, 6.45) is 1.29. The quantitative estimate of drug-likeness (QED) is 0.208. The normalized spacial score (nSPS) is 12.5. The van der Waals surface area contributed by atoms with Gasteiger partial charge in [-0.2, -0.15) is 0 Å². The highest BCUT2D eigenvalue weighted by atomic mass is 32.2. The molecule has 0 aliphatic rings. The van der Waals surface area contributed by atoms with Crippen molar-refractivity contribution in [3.05, 3.63) is 59.3 Å². The maximum atomic E-state index is 12.0. The van der Waals surface area contributed by atoms with Gasteiger partial charge in [-0.15, -0.1) is 0 Å². The lowest BCUT2D eigenvalue weighted by atomic mass is 10.1. The van der Waals surface area contributed by atoms with Crippen molar-refractivity contribution >= 4 is 32.6 Å². The fourth-order valence-electron chi connectivity index (χ4n) is 3.86. The zero-order valence-corrected chi connectivity index (χ0v) is 21.1. The van der Waals surface area contributed by atoms with Crippen molar-refractivity contribution in [1.29, 1.82) is 0 Å². The number of aromatic nitrogens is 1. The van der Waals surface area contributed by atoms with Crippen molar-refractivity contribution in [2.24, 2.45) is 0 Å². The number of fused-ring (bicyclic) bond motifs is 1. The smallest absolute Gasteiger partial charge is 0.310 e. The summed E-state index contributed by atoms with van der Waals surface area (Å²) in [7, 11) is -3.38. The largest absolute Gasteiger partial charge is 0.492 e. The molecule has 1 aromatic heterocycles. The van der Waals surface area contributed by atoms with E-state index in [1.54, 1.807) is 31.2 Å². The second kappa shape index (κ2) is 12.1. The molecule has 9 nitrogen and oxygen atoms in total. The van der Waals surface area contributed by atoms with Gasteiger partial charge in [0.15, 0.2) is 0 Å². The summed E-state index contributed by atoms with van der Waals surface area (Å²) < 4.78 is 36.1. The average molecular weight is 504 g/mol. The van der Waals surface area contributed by atoms with E-state index in [1.807, 2.05) is 25.1 Å². The second-order valence-electron chi connectivity index (χ2n) is 8.19. The molecule has 0 bridgehead atoms. The maximum Gasteiger partial charge on any atom is 0.310 e. The standard InChI is InChI=1S/C25H33N3O6S/c1-4-22-21(15-25(30)33-5-2)20-10-9-19(14-23(20)27-22)34-12-11-26-16-24(29)17-7-6-8-18(13-17)28-35(3,31)32/h6-10,13-14,24,26-29H,4-5,11-12,15-16H2,1-3H3/t24-/m0/s1. The minimum absolute atomic E-state index is 0.233. The number of ether oxygens (including phenoxy) is 2. The SMILES string of the molecule is CCOC(=O)Cc1c(CC)[nH]c2cc(OCCNC[C@H](O)c3cccc(NS(C)(=O)=O)c3)ccc12. The monoisotopic (exact) mass is 503 g/mol. The third kappa shape index (κ3) is 7.71. The van der Waals surface area contributed by atoms with Crippen LogP contribution in [-0.4, -0.2) is 57.0 Å². The van der Waals surface area contributed by atoms with E-state index in [9.17, 15) is 18.3 Å². The predicted molar refractivity (Wildman–Crippen MR) is 136 cm³/mol. The van der Waals surface area contributed by atoms with Crippen LogP contribution in [0.2, 0.25) is 0 Å². The van der Waals surface area contributed by atoms with E-state index in [-0.39, 0.29) is 12.4 Å². The number of aliphatic hydroxyl groups is 1. The average Bonchev–Trinajstić information content (AvgIpc) is 3.14. The molecule has 2 aromatic carbocycles. The number of esters is 1. The van der Waals surface area contributed by atoms with E-state index in [2.05, 4.69) is 15.0 Å². The Morgan fingerprint density at radius 2 is 1.97 bits per heavy atom. The van der Waals surface area contributed by atoms with Crippen LogP contribution < -0.4 is 14.8 Å². The van der Waals surface area contributed by atoms with E-state index >= 15 is 0 Å². The molecule has 0 unspecified atom stereocenters. The van der Waals surface area contributed by atoms with Gasteiger partial charge >= 0.3 is 5.97 Å². The highest BCUT2D eigenvalue weighted by Gasteiger charge is 2.15. The Bertz CT molecular complexity index is 1260. The fraction of sp³-hybridized carbons (Fsp3) is 0.400. The van der Waals surface area contributed by atoms with Gasteiger partial charge in [0.25, 0.3) is 0 Å². The van der Waals surface area contributed by atoms with Gasteiger partial charge in [-0.25, -0.2) is 8.42 Å². The van der Waals surface area contributed by atoms with Crippen molar-refractivity contribution in [2.75, 3.05) is 37.3 Å². The first-order valence-electron chi connectivity index (χ1n) is 11.6. The van der Waals surface area contributed by atoms with Gasteiger partial charge < -0.3 is 24.9 Å². The van der Waals surface area contributed by atoms with Crippen LogP contribution in [0.25, 0.3) is 10.9 Å². The Morgan fingerprint density at radius 3 is 2.69 bits per heavy atom. The Morgan fingerprint density at radius 1 is 1.17 bits per heavy atom. The predicted octanol–water partition coefficient (Wildman–Crippen LogP) is 2.91. The summed E-state index contributed by atoms with van der Waals surface area (Å²) in [6.45, 7) is 5.39. The Kier molecular flexibility index (Phi) is 9.13. The number of carbonyl (C=O) groups excluding carboxylic acids is 1. The summed E-state index contributed by atoms with van der Waals surface area (Å²) in [5.74, 6) is 0.459. The Hall–Kier alpha value is -3.08. The highest BCUT2D eigenvalue weighted by molar-refractivity contribution is 7.92. The van der Waals surface area contributed by atoms with Crippen LogP contribution in [0.4, 0.5) is 5.69 Å². The molecule has 0 saturated heterocycles. The molecule has 0 amide bonds. The number of benzene rings is 2. The van der Waals surface area contributed by atoms with Crippen molar-refractivity contribution in [3.8, 4) is 5.75 Å². The first-order valence-corrected chi connectivity index (χ1v) is 13.5. The molecule has 0 spiro atoms. The van der Waals surface area contributed by atoms with Gasteiger partial charge in [0.05, 0.1) is 25.4 Å². The lowest BCUT2D eigenvalue weighted by Crippen LogP contribution is -2.26. The third-order valence-corrected chi connectivity index (χ3v) is 6.01. The number of carbonyl (C=O) groups is 1. The van der Waals surface area contributed by atoms with Crippen LogP contribution in [0, 0.1) is 0 Å². The van der Waals surface area contributed by atoms with Crippen molar-refractivity contribution < 1.29 is 27.8 Å². The van der Waals surface area contributed by atoms with Crippen LogP contribution in [0.15, 0.2) is 42.5 Å². The Balaban J connectivity index is 1.51. The molecule has 0 aliphatic heterocycles. The topological polar surface area (TPSA) is 130 Å². The summed E-state index contributed by atoms with van der Waals surface area (Å²) in [5, 5.41) is 14.5. The minimum atomic E-state index is -3.38. The molecule has 35 heavy (non-hydrogen) atoms. The van der Waals surface area contributed by atoms with Crippen molar-refractivity contribution in [3.63, 3.8) is 0 Å². The molecule has 1 heterocycles. The first-order chi connectivity index (χ1) is 16.7. The van der Waals surface area contributed by atoms with Crippen LogP contribution in [0.3, 0.4) is 0 Å². The first kappa shape index (κ1) is 26.5. The molecule has 190 valence electrons.